The fourth-order valence-corrected chi connectivity index (χ4v) is 5.95. The zero-order valence-corrected chi connectivity index (χ0v) is 27.7. The molecule has 0 amide bonds. The number of hydrogen-bond acceptors (Lipinski definition) is 2. The van der Waals surface area contributed by atoms with Gasteiger partial charge in [-0.25, -0.2) is 0 Å². The maximum Gasteiger partial charge on any atom is 0.0540 e. The molecule has 7 aromatic carbocycles. The average molecular weight is 601 g/mol. The van der Waals surface area contributed by atoms with Gasteiger partial charge < -0.3 is 10.2 Å². The van der Waals surface area contributed by atoms with Crippen molar-refractivity contribution in [1.82, 2.24) is 0 Å². The Balaban J connectivity index is 0.000000232. The molecular formula is C44H44N2. The minimum Gasteiger partial charge on any atom is -0.356 e. The molecule has 0 aliphatic rings. The molecule has 0 aliphatic heterocycles. The van der Waals surface area contributed by atoms with Gasteiger partial charge in [-0.05, 0) is 101 Å². The van der Waals surface area contributed by atoms with Gasteiger partial charge in [0, 0.05) is 28.1 Å². The second kappa shape index (κ2) is 15.6. The molecule has 7 rings (SSSR count). The predicted octanol–water partition coefficient (Wildman–Crippen LogP) is 13.4. The SMILES string of the molecule is C/C=C\C(=C/CC)N(c1ccccc1)c1ccc2ccc3c(C)ccc4ccc1c2c43.CC.c1ccc(Nc2ccccc2)cc1. The Bertz CT molecular complexity index is 1990. The van der Waals surface area contributed by atoms with Crippen LogP contribution in [0.1, 0.15) is 39.7 Å². The molecule has 1 N–H and O–H groups in total. The molecule has 0 radical (unpaired) electrons. The summed E-state index contributed by atoms with van der Waals surface area (Å²) >= 11 is 0. The molecule has 0 unspecified atom stereocenters. The first-order chi connectivity index (χ1) is 22.7. The molecule has 46 heavy (non-hydrogen) atoms. The van der Waals surface area contributed by atoms with E-state index in [1.165, 1.54) is 55.0 Å². The average Bonchev–Trinajstić information content (AvgIpc) is 3.11. The number of para-hydroxylation sites is 3. The number of aryl methyl sites for hydroxylation is 1. The van der Waals surface area contributed by atoms with Gasteiger partial charge in [-0.3, -0.25) is 0 Å². The van der Waals surface area contributed by atoms with Crippen LogP contribution in [0.2, 0.25) is 0 Å². The number of rotatable bonds is 7. The molecule has 0 aromatic heterocycles. The van der Waals surface area contributed by atoms with Gasteiger partial charge in [0.25, 0.3) is 0 Å². The van der Waals surface area contributed by atoms with E-state index in [0.29, 0.717) is 0 Å². The van der Waals surface area contributed by atoms with Gasteiger partial charge in [-0.1, -0.05) is 130 Å². The zero-order chi connectivity index (χ0) is 32.3. The lowest BCUT2D eigenvalue weighted by Gasteiger charge is -2.28. The summed E-state index contributed by atoms with van der Waals surface area (Å²) < 4.78 is 0. The van der Waals surface area contributed by atoms with E-state index in [1.807, 2.05) is 74.5 Å². The van der Waals surface area contributed by atoms with Gasteiger partial charge in [0.15, 0.2) is 0 Å². The van der Waals surface area contributed by atoms with Crippen LogP contribution in [0.15, 0.2) is 163 Å². The summed E-state index contributed by atoms with van der Waals surface area (Å²) in [7, 11) is 0. The molecule has 0 saturated heterocycles. The van der Waals surface area contributed by atoms with Crippen LogP contribution in [0, 0.1) is 6.92 Å². The molecule has 0 aliphatic carbocycles. The zero-order valence-electron chi connectivity index (χ0n) is 27.7. The van der Waals surface area contributed by atoms with E-state index in [0.717, 1.165) is 17.8 Å². The molecule has 0 fully saturated rings. The topological polar surface area (TPSA) is 15.3 Å². The smallest absolute Gasteiger partial charge is 0.0540 e. The molecular weight excluding hydrogens is 556 g/mol. The number of hydrogen-bond donors (Lipinski definition) is 1. The fraction of sp³-hybridized carbons (Fsp3) is 0.136. The Kier molecular flexibility index (Phi) is 10.9. The lowest BCUT2D eigenvalue weighted by molar-refractivity contribution is 1.14. The minimum absolute atomic E-state index is 0.980. The first kappa shape index (κ1) is 32.1. The van der Waals surface area contributed by atoms with Crippen LogP contribution in [-0.2, 0) is 0 Å². The second-order valence-electron chi connectivity index (χ2n) is 11.0. The third-order valence-corrected chi connectivity index (χ3v) is 7.96. The van der Waals surface area contributed by atoms with Crippen LogP contribution in [0.5, 0.6) is 0 Å². The third-order valence-electron chi connectivity index (χ3n) is 7.96. The summed E-state index contributed by atoms with van der Waals surface area (Å²) in [6.45, 7) is 10.5. The van der Waals surface area contributed by atoms with E-state index in [2.05, 4.69) is 128 Å². The highest BCUT2D eigenvalue weighted by atomic mass is 15.1. The van der Waals surface area contributed by atoms with Crippen LogP contribution in [0.25, 0.3) is 32.3 Å². The van der Waals surface area contributed by atoms with E-state index >= 15 is 0 Å². The highest BCUT2D eigenvalue weighted by molar-refractivity contribution is 6.26. The third kappa shape index (κ3) is 6.98. The number of nitrogens with zero attached hydrogens (tertiary/aromatic N) is 1. The Morgan fingerprint density at radius 1 is 0.609 bits per heavy atom. The van der Waals surface area contributed by atoms with Gasteiger partial charge in [-0.15, -0.1) is 0 Å². The largest absolute Gasteiger partial charge is 0.356 e. The van der Waals surface area contributed by atoms with Gasteiger partial charge in [-0.2, -0.15) is 0 Å². The van der Waals surface area contributed by atoms with Crippen LogP contribution in [-0.4, -0.2) is 0 Å². The van der Waals surface area contributed by atoms with Crippen molar-refractivity contribution in [3.05, 3.63) is 169 Å². The molecule has 0 bridgehead atoms. The number of nitrogens with one attached hydrogen (secondary N) is 1. The Morgan fingerprint density at radius 2 is 1.11 bits per heavy atom. The number of anilines is 4. The van der Waals surface area contributed by atoms with Gasteiger partial charge in [0.2, 0.25) is 0 Å². The fourth-order valence-electron chi connectivity index (χ4n) is 5.95. The maximum atomic E-state index is 3.30. The van der Waals surface area contributed by atoms with Crippen molar-refractivity contribution in [2.75, 3.05) is 10.2 Å². The Hall–Kier alpha value is -5.34. The van der Waals surface area contributed by atoms with Crippen molar-refractivity contribution < 1.29 is 0 Å². The molecule has 0 atom stereocenters. The van der Waals surface area contributed by atoms with Crippen LogP contribution >= 0.6 is 0 Å². The minimum atomic E-state index is 0.980. The van der Waals surface area contributed by atoms with Crippen molar-refractivity contribution in [2.45, 2.75) is 41.0 Å². The molecule has 2 nitrogen and oxygen atoms in total. The van der Waals surface area contributed by atoms with Gasteiger partial charge in [0.1, 0.15) is 0 Å². The van der Waals surface area contributed by atoms with Crippen LogP contribution in [0.4, 0.5) is 22.7 Å². The van der Waals surface area contributed by atoms with Crippen LogP contribution in [0.3, 0.4) is 0 Å². The highest BCUT2D eigenvalue weighted by Gasteiger charge is 2.18. The summed E-state index contributed by atoms with van der Waals surface area (Å²) in [6, 6.07) is 49.1. The maximum absolute atomic E-state index is 3.30. The molecule has 0 heterocycles. The van der Waals surface area contributed by atoms with Crippen molar-refractivity contribution in [3.8, 4) is 0 Å². The van der Waals surface area contributed by atoms with Crippen molar-refractivity contribution in [3.63, 3.8) is 0 Å². The Labute approximate surface area is 274 Å². The summed E-state index contributed by atoms with van der Waals surface area (Å²) in [5.41, 5.74) is 7.15. The van der Waals surface area contributed by atoms with Gasteiger partial charge in [0.05, 0.1) is 5.69 Å². The first-order valence-electron chi connectivity index (χ1n) is 16.4. The number of allylic oxidation sites excluding steroid dienone is 3. The van der Waals surface area contributed by atoms with Gasteiger partial charge >= 0.3 is 0 Å². The van der Waals surface area contributed by atoms with Crippen molar-refractivity contribution >= 4 is 55.1 Å². The quantitative estimate of drug-likeness (QED) is 0.145. The lowest BCUT2D eigenvalue weighted by atomic mass is 9.91. The summed E-state index contributed by atoms with van der Waals surface area (Å²) in [4.78, 5) is 2.39. The normalized spacial score (nSPS) is 11.3. The Morgan fingerprint density at radius 3 is 1.67 bits per heavy atom. The van der Waals surface area contributed by atoms with E-state index < -0.39 is 0 Å². The molecule has 0 spiro atoms. The number of benzene rings is 7. The van der Waals surface area contributed by atoms with E-state index in [4.69, 9.17) is 0 Å². The monoisotopic (exact) mass is 600 g/mol. The summed E-state index contributed by atoms with van der Waals surface area (Å²) in [5.74, 6) is 0. The molecule has 7 aromatic rings. The van der Waals surface area contributed by atoms with E-state index in [-0.39, 0.29) is 0 Å². The molecule has 0 saturated carbocycles. The van der Waals surface area contributed by atoms with E-state index in [9.17, 15) is 0 Å². The second-order valence-corrected chi connectivity index (χ2v) is 11.0. The molecule has 230 valence electrons. The first-order valence-corrected chi connectivity index (χ1v) is 16.4. The van der Waals surface area contributed by atoms with Crippen molar-refractivity contribution in [1.29, 1.82) is 0 Å². The van der Waals surface area contributed by atoms with Crippen LogP contribution < -0.4 is 10.2 Å². The summed E-state index contributed by atoms with van der Waals surface area (Å²) in [6.07, 6.45) is 7.61. The predicted molar refractivity (Wildman–Crippen MR) is 204 cm³/mol. The molecule has 2 heteroatoms. The standard InChI is InChI=1S/C30H27N.C12H11N.C2H6/c1-4-9-24(10-5-2)31(25-11-7-6-8-12-25)28-20-17-23-15-18-26-21(3)13-14-22-16-19-27(28)30(23)29(22)26;1-3-7-11(8-4-1)13-12-9-5-2-6-10-12;1-2/h4,6-20H,5H2,1-3H3;1-10,13H;1-2H3/b9-4-,24-10+;;. The highest BCUT2D eigenvalue weighted by Crippen LogP contribution is 2.42. The summed E-state index contributed by atoms with van der Waals surface area (Å²) in [5, 5.41) is 11.3. The van der Waals surface area contributed by atoms with Crippen molar-refractivity contribution in [2.24, 2.45) is 0 Å². The lowest BCUT2D eigenvalue weighted by Crippen LogP contribution is -2.15. The van der Waals surface area contributed by atoms with E-state index in [1.54, 1.807) is 0 Å².